The SMILES string of the molecule is CCOCCCn1cc(C)nc1Nc1ccccc1Br. The minimum atomic E-state index is 0.769. The summed E-state index contributed by atoms with van der Waals surface area (Å²) in [5.74, 6) is 0.867. The van der Waals surface area contributed by atoms with E-state index in [1.165, 1.54) is 0 Å². The number of hydrogen-bond donors (Lipinski definition) is 1. The van der Waals surface area contributed by atoms with Crippen molar-refractivity contribution in [2.24, 2.45) is 0 Å². The number of imidazole rings is 1. The van der Waals surface area contributed by atoms with Crippen LogP contribution in [0.4, 0.5) is 11.6 Å². The van der Waals surface area contributed by atoms with Crippen LogP contribution in [0, 0.1) is 6.92 Å². The van der Waals surface area contributed by atoms with Crippen molar-refractivity contribution in [2.75, 3.05) is 18.5 Å². The van der Waals surface area contributed by atoms with Gasteiger partial charge in [-0.15, -0.1) is 0 Å². The first-order chi connectivity index (χ1) is 9.70. The van der Waals surface area contributed by atoms with Gasteiger partial charge in [0.05, 0.1) is 11.4 Å². The van der Waals surface area contributed by atoms with Crippen molar-refractivity contribution in [3.8, 4) is 0 Å². The maximum absolute atomic E-state index is 5.38. The van der Waals surface area contributed by atoms with Crippen LogP contribution in [0.25, 0.3) is 0 Å². The standard InChI is InChI=1S/C15H20BrN3O/c1-3-20-10-6-9-19-11-12(2)17-15(19)18-14-8-5-4-7-13(14)16/h4-5,7-8,11H,3,6,9-10H2,1-2H3,(H,17,18). The highest BCUT2D eigenvalue weighted by molar-refractivity contribution is 9.10. The molecule has 1 aromatic carbocycles. The first-order valence-electron chi connectivity index (χ1n) is 6.83. The number of aromatic nitrogens is 2. The topological polar surface area (TPSA) is 39.1 Å². The van der Waals surface area contributed by atoms with Crippen LogP contribution in [0.3, 0.4) is 0 Å². The predicted molar refractivity (Wildman–Crippen MR) is 85.5 cm³/mol. The highest BCUT2D eigenvalue weighted by Gasteiger charge is 2.07. The molecule has 0 aliphatic rings. The molecule has 0 aliphatic heterocycles. The van der Waals surface area contributed by atoms with Crippen molar-refractivity contribution < 1.29 is 4.74 Å². The highest BCUT2D eigenvalue weighted by Crippen LogP contribution is 2.25. The molecule has 5 heteroatoms. The minimum absolute atomic E-state index is 0.769. The number of benzene rings is 1. The second-order valence-electron chi connectivity index (χ2n) is 4.55. The molecule has 108 valence electrons. The summed E-state index contributed by atoms with van der Waals surface area (Å²) in [5.41, 5.74) is 2.03. The van der Waals surface area contributed by atoms with Crippen molar-refractivity contribution in [3.63, 3.8) is 0 Å². The third-order valence-corrected chi connectivity index (χ3v) is 3.60. The summed E-state index contributed by atoms with van der Waals surface area (Å²) in [5, 5.41) is 3.37. The Labute approximate surface area is 128 Å². The average Bonchev–Trinajstić information content (AvgIpc) is 2.78. The van der Waals surface area contributed by atoms with Crippen molar-refractivity contribution in [1.29, 1.82) is 0 Å². The minimum Gasteiger partial charge on any atom is -0.382 e. The summed E-state index contributed by atoms with van der Waals surface area (Å²) >= 11 is 3.54. The Morgan fingerprint density at radius 1 is 1.35 bits per heavy atom. The number of halogens is 1. The fourth-order valence-electron chi connectivity index (χ4n) is 1.98. The van der Waals surface area contributed by atoms with Gasteiger partial charge in [0.2, 0.25) is 5.95 Å². The first kappa shape index (κ1) is 15.1. The van der Waals surface area contributed by atoms with E-state index >= 15 is 0 Å². The van der Waals surface area contributed by atoms with Crippen LogP contribution in [0.15, 0.2) is 34.9 Å². The molecule has 0 spiro atoms. The molecule has 4 nitrogen and oxygen atoms in total. The summed E-state index contributed by atoms with van der Waals surface area (Å²) in [6.45, 7) is 6.46. The van der Waals surface area contributed by atoms with Crippen LogP contribution < -0.4 is 5.32 Å². The number of rotatable bonds is 7. The van der Waals surface area contributed by atoms with Gasteiger partial charge >= 0.3 is 0 Å². The van der Waals surface area contributed by atoms with E-state index in [2.05, 4.69) is 37.0 Å². The molecular weight excluding hydrogens is 318 g/mol. The zero-order chi connectivity index (χ0) is 14.4. The predicted octanol–water partition coefficient (Wildman–Crippen LogP) is 4.12. The summed E-state index contributed by atoms with van der Waals surface area (Å²) < 4.78 is 8.54. The van der Waals surface area contributed by atoms with Gasteiger partial charge in [-0.1, -0.05) is 12.1 Å². The monoisotopic (exact) mass is 337 g/mol. The van der Waals surface area contributed by atoms with Crippen molar-refractivity contribution in [3.05, 3.63) is 40.6 Å². The number of nitrogens with one attached hydrogen (secondary N) is 1. The van der Waals surface area contributed by atoms with Gasteiger partial charge in [0, 0.05) is 30.4 Å². The molecule has 0 saturated heterocycles. The smallest absolute Gasteiger partial charge is 0.207 e. The van der Waals surface area contributed by atoms with Crippen molar-refractivity contribution in [2.45, 2.75) is 26.8 Å². The van der Waals surface area contributed by atoms with E-state index in [-0.39, 0.29) is 0 Å². The molecule has 0 fully saturated rings. The van der Waals surface area contributed by atoms with E-state index in [1.54, 1.807) is 0 Å². The Kier molecular flexibility index (Phi) is 5.61. The lowest BCUT2D eigenvalue weighted by Crippen LogP contribution is -2.06. The van der Waals surface area contributed by atoms with Crippen LogP contribution in [0.5, 0.6) is 0 Å². The molecule has 2 aromatic rings. The Balaban J connectivity index is 2.06. The van der Waals surface area contributed by atoms with Crippen LogP contribution in [-0.2, 0) is 11.3 Å². The number of anilines is 2. The molecule has 1 N–H and O–H groups in total. The maximum Gasteiger partial charge on any atom is 0.207 e. The van der Waals surface area contributed by atoms with E-state index in [0.717, 1.165) is 48.0 Å². The lowest BCUT2D eigenvalue weighted by molar-refractivity contribution is 0.142. The van der Waals surface area contributed by atoms with Crippen molar-refractivity contribution >= 4 is 27.6 Å². The molecule has 0 saturated carbocycles. The molecule has 0 amide bonds. The largest absolute Gasteiger partial charge is 0.382 e. The molecule has 0 radical (unpaired) electrons. The molecule has 0 bridgehead atoms. The molecule has 2 rings (SSSR count). The van der Waals surface area contributed by atoms with E-state index in [9.17, 15) is 0 Å². The Morgan fingerprint density at radius 3 is 2.90 bits per heavy atom. The fourth-order valence-corrected chi connectivity index (χ4v) is 2.37. The number of para-hydroxylation sites is 1. The van der Waals surface area contributed by atoms with E-state index in [0.29, 0.717) is 0 Å². The number of nitrogens with zero attached hydrogens (tertiary/aromatic N) is 2. The zero-order valence-corrected chi connectivity index (χ0v) is 13.5. The summed E-state index contributed by atoms with van der Waals surface area (Å²) in [7, 11) is 0. The summed E-state index contributed by atoms with van der Waals surface area (Å²) in [6.07, 6.45) is 3.04. The van der Waals surface area contributed by atoms with E-state index < -0.39 is 0 Å². The van der Waals surface area contributed by atoms with Gasteiger partial charge in [-0.25, -0.2) is 4.98 Å². The normalized spacial score (nSPS) is 10.8. The molecule has 0 atom stereocenters. The highest BCUT2D eigenvalue weighted by atomic mass is 79.9. The van der Waals surface area contributed by atoms with Crippen LogP contribution in [-0.4, -0.2) is 22.8 Å². The van der Waals surface area contributed by atoms with Crippen LogP contribution in [0.1, 0.15) is 19.0 Å². The third-order valence-electron chi connectivity index (χ3n) is 2.91. The van der Waals surface area contributed by atoms with E-state index in [4.69, 9.17) is 4.74 Å². The molecule has 20 heavy (non-hydrogen) atoms. The Morgan fingerprint density at radius 2 is 2.15 bits per heavy atom. The first-order valence-corrected chi connectivity index (χ1v) is 7.63. The Bertz CT molecular complexity index is 554. The molecule has 1 heterocycles. The number of ether oxygens (including phenoxy) is 1. The van der Waals surface area contributed by atoms with Crippen LogP contribution >= 0.6 is 15.9 Å². The lowest BCUT2D eigenvalue weighted by atomic mass is 10.3. The Hall–Kier alpha value is -1.33. The second-order valence-corrected chi connectivity index (χ2v) is 5.41. The van der Waals surface area contributed by atoms with Gasteiger partial charge < -0.3 is 14.6 Å². The summed E-state index contributed by atoms with van der Waals surface area (Å²) in [6, 6.07) is 8.04. The quantitative estimate of drug-likeness (QED) is 0.772. The maximum atomic E-state index is 5.38. The van der Waals surface area contributed by atoms with Crippen LogP contribution in [0.2, 0.25) is 0 Å². The van der Waals surface area contributed by atoms with Crippen molar-refractivity contribution in [1.82, 2.24) is 9.55 Å². The molecule has 0 aliphatic carbocycles. The molecular formula is C15H20BrN3O. The fraction of sp³-hybridized carbons (Fsp3) is 0.400. The van der Waals surface area contributed by atoms with Gasteiger partial charge in [0.1, 0.15) is 0 Å². The number of hydrogen-bond acceptors (Lipinski definition) is 3. The second kappa shape index (κ2) is 7.45. The lowest BCUT2D eigenvalue weighted by Gasteiger charge is -2.11. The molecule has 1 aromatic heterocycles. The van der Waals surface area contributed by atoms with Gasteiger partial charge in [0.25, 0.3) is 0 Å². The van der Waals surface area contributed by atoms with E-state index in [1.807, 2.05) is 38.1 Å². The van der Waals surface area contributed by atoms with Gasteiger partial charge in [0.15, 0.2) is 0 Å². The summed E-state index contributed by atoms with van der Waals surface area (Å²) in [4.78, 5) is 4.54. The van der Waals surface area contributed by atoms with Gasteiger partial charge in [-0.3, -0.25) is 0 Å². The third kappa shape index (κ3) is 4.08. The molecule has 0 unspecified atom stereocenters. The zero-order valence-electron chi connectivity index (χ0n) is 11.9. The number of aryl methyl sites for hydroxylation is 2. The van der Waals surface area contributed by atoms with Gasteiger partial charge in [-0.2, -0.15) is 0 Å². The average molecular weight is 338 g/mol. The van der Waals surface area contributed by atoms with Gasteiger partial charge in [-0.05, 0) is 48.3 Å².